The predicted octanol–water partition coefficient (Wildman–Crippen LogP) is 7.53. The number of benzene rings is 4. The SMILES string of the molecule is COc1ccc2c(c1)[C@@H](c1ccccc1)[C@@H](c1ccccc1)[C@H](c1[nH]c3ccccc3c1C)O2. The number of aromatic amines is 1. The Labute approximate surface area is 200 Å². The molecule has 0 bridgehead atoms. The number of fused-ring (bicyclic) bond motifs is 2. The maximum absolute atomic E-state index is 6.86. The van der Waals surface area contributed by atoms with E-state index in [9.17, 15) is 0 Å². The largest absolute Gasteiger partial charge is 0.497 e. The molecule has 0 saturated carbocycles. The zero-order chi connectivity index (χ0) is 23.1. The lowest BCUT2D eigenvalue weighted by Gasteiger charge is -2.40. The summed E-state index contributed by atoms with van der Waals surface area (Å²) >= 11 is 0. The Morgan fingerprint density at radius 1 is 0.765 bits per heavy atom. The molecule has 6 rings (SSSR count). The summed E-state index contributed by atoms with van der Waals surface area (Å²) in [6, 6.07) is 36.2. The molecule has 0 unspecified atom stereocenters. The number of hydrogen-bond donors (Lipinski definition) is 1. The van der Waals surface area contributed by atoms with Crippen LogP contribution < -0.4 is 9.47 Å². The predicted molar refractivity (Wildman–Crippen MR) is 137 cm³/mol. The number of ether oxygens (including phenoxy) is 2. The summed E-state index contributed by atoms with van der Waals surface area (Å²) in [6.07, 6.45) is -0.166. The van der Waals surface area contributed by atoms with Crippen LogP contribution in [0, 0.1) is 6.92 Å². The molecule has 0 fully saturated rings. The van der Waals surface area contributed by atoms with Crippen molar-refractivity contribution >= 4 is 10.9 Å². The molecule has 4 aromatic carbocycles. The number of methoxy groups -OCH3 is 1. The first-order valence-electron chi connectivity index (χ1n) is 11.8. The van der Waals surface area contributed by atoms with Gasteiger partial charge in [0, 0.05) is 28.3 Å². The molecular formula is C31H27NO2. The summed E-state index contributed by atoms with van der Waals surface area (Å²) < 4.78 is 12.5. The number of aromatic nitrogens is 1. The highest BCUT2D eigenvalue weighted by Crippen LogP contribution is 2.55. The van der Waals surface area contributed by atoms with Gasteiger partial charge in [0.1, 0.15) is 17.6 Å². The van der Waals surface area contributed by atoms with E-state index in [-0.39, 0.29) is 17.9 Å². The second-order valence-electron chi connectivity index (χ2n) is 8.98. The highest BCUT2D eigenvalue weighted by atomic mass is 16.5. The van der Waals surface area contributed by atoms with Crippen molar-refractivity contribution in [3.8, 4) is 11.5 Å². The van der Waals surface area contributed by atoms with Crippen LogP contribution in [0.15, 0.2) is 103 Å². The fourth-order valence-corrected chi connectivity index (χ4v) is 5.50. The van der Waals surface area contributed by atoms with Gasteiger partial charge in [0.15, 0.2) is 0 Å². The van der Waals surface area contributed by atoms with E-state index in [1.54, 1.807) is 7.11 Å². The van der Waals surface area contributed by atoms with Crippen molar-refractivity contribution in [2.24, 2.45) is 0 Å². The molecule has 5 aromatic rings. The van der Waals surface area contributed by atoms with Gasteiger partial charge in [-0.3, -0.25) is 0 Å². The number of hydrogen-bond acceptors (Lipinski definition) is 2. The van der Waals surface area contributed by atoms with Crippen LogP contribution in [0.1, 0.15) is 45.9 Å². The van der Waals surface area contributed by atoms with Crippen molar-refractivity contribution in [3.05, 3.63) is 131 Å². The average molecular weight is 446 g/mol. The zero-order valence-electron chi connectivity index (χ0n) is 19.4. The third-order valence-electron chi connectivity index (χ3n) is 7.12. The molecule has 1 aliphatic rings. The number of H-pyrrole nitrogens is 1. The second kappa shape index (κ2) is 8.42. The van der Waals surface area contributed by atoms with E-state index >= 15 is 0 Å². The van der Waals surface area contributed by atoms with Crippen molar-refractivity contribution < 1.29 is 9.47 Å². The van der Waals surface area contributed by atoms with E-state index in [4.69, 9.17) is 9.47 Å². The minimum Gasteiger partial charge on any atom is -0.497 e. The summed E-state index contributed by atoms with van der Waals surface area (Å²) in [5, 5.41) is 1.24. The Morgan fingerprint density at radius 3 is 2.15 bits per heavy atom. The molecule has 1 aliphatic heterocycles. The van der Waals surface area contributed by atoms with Crippen molar-refractivity contribution in [1.29, 1.82) is 0 Å². The third kappa shape index (κ3) is 3.36. The molecule has 3 atom stereocenters. The molecule has 0 aliphatic carbocycles. The topological polar surface area (TPSA) is 34.2 Å². The highest BCUT2D eigenvalue weighted by Gasteiger charge is 2.42. The van der Waals surface area contributed by atoms with Crippen molar-refractivity contribution in [3.63, 3.8) is 0 Å². The van der Waals surface area contributed by atoms with Crippen LogP contribution in [0.3, 0.4) is 0 Å². The van der Waals surface area contributed by atoms with E-state index in [2.05, 4.69) is 109 Å². The molecule has 1 N–H and O–H groups in total. The number of nitrogens with one attached hydrogen (secondary N) is 1. The Kier molecular flexibility index (Phi) is 5.10. The molecule has 2 heterocycles. The molecule has 0 saturated heterocycles. The summed E-state index contributed by atoms with van der Waals surface area (Å²) in [6.45, 7) is 2.20. The monoisotopic (exact) mass is 445 g/mol. The second-order valence-corrected chi connectivity index (χ2v) is 8.98. The first-order valence-corrected chi connectivity index (χ1v) is 11.8. The molecule has 3 heteroatoms. The van der Waals surface area contributed by atoms with Crippen molar-refractivity contribution in [2.45, 2.75) is 24.9 Å². The van der Waals surface area contributed by atoms with Gasteiger partial charge in [-0.2, -0.15) is 0 Å². The molecule has 0 radical (unpaired) electrons. The Bertz CT molecular complexity index is 1440. The van der Waals surface area contributed by atoms with E-state index < -0.39 is 0 Å². The lowest BCUT2D eigenvalue weighted by atomic mass is 9.71. The van der Waals surface area contributed by atoms with Crippen LogP contribution >= 0.6 is 0 Å². The van der Waals surface area contributed by atoms with Gasteiger partial charge in [-0.25, -0.2) is 0 Å². The molecule has 168 valence electrons. The maximum atomic E-state index is 6.86. The molecule has 3 nitrogen and oxygen atoms in total. The molecule has 0 spiro atoms. The van der Waals surface area contributed by atoms with Crippen LogP contribution in [-0.4, -0.2) is 12.1 Å². The highest BCUT2D eigenvalue weighted by molar-refractivity contribution is 5.84. The average Bonchev–Trinajstić information content (AvgIpc) is 3.24. The van der Waals surface area contributed by atoms with Crippen LogP contribution in [0.25, 0.3) is 10.9 Å². The van der Waals surface area contributed by atoms with Crippen molar-refractivity contribution in [2.75, 3.05) is 7.11 Å². The minimum absolute atomic E-state index is 0.0787. The van der Waals surface area contributed by atoms with Gasteiger partial charge >= 0.3 is 0 Å². The van der Waals surface area contributed by atoms with Gasteiger partial charge in [0.05, 0.1) is 12.8 Å². The number of para-hydroxylation sites is 1. The summed E-state index contributed by atoms with van der Waals surface area (Å²) in [5.74, 6) is 1.94. The number of rotatable bonds is 4. The molecule has 1 aromatic heterocycles. The smallest absolute Gasteiger partial charge is 0.146 e. The van der Waals surface area contributed by atoms with Gasteiger partial charge in [-0.05, 0) is 47.9 Å². The van der Waals surface area contributed by atoms with Crippen LogP contribution in [-0.2, 0) is 0 Å². The van der Waals surface area contributed by atoms with E-state index in [0.29, 0.717) is 0 Å². The molecular weight excluding hydrogens is 418 g/mol. The van der Waals surface area contributed by atoms with Crippen LogP contribution in [0.2, 0.25) is 0 Å². The summed E-state index contributed by atoms with van der Waals surface area (Å²) in [7, 11) is 1.72. The van der Waals surface area contributed by atoms with E-state index in [1.807, 2.05) is 6.07 Å². The van der Waals surface area contributed by atoms with Crippen LogP contribution in [0.4, 0.5) is 0 Å². The van der Waals surface area contributed by atoms with Gasteiger partial charge in [-0.1, -0.05) is 78.9 Å². The summed E-state index contributed by atoms with van der Waals surface area (Å²) in [4.78, 5) is 3.71. The zero-order valence-corrected chi connectivity index (χ0v) is 19.4. The first-order chi connectivity index (χ1) is 16.7. The summed E-state index contributed by atoms with van der Waals surface area (Å²) in [5.41, 5.74) is 7.20. The minimum atomic E-state index is -0.166. The van der Waals surface area contributed by atoms with E-state index in [1.165, 1.54) is 22.1 Å². The Hall–Kier alpha value is -3.98. The normalized spacial score (nSPS) is 19.4. The Balaban J connectivity index is 1.62. The standard InChI is InChI=1S/C31H27NO2/c1-20-24-15-9-10-16-26(24)32-30(20)31-29(22-13-7-4-8-14-22)28(21-11-5-3-6-12-21)25-19-23(33-2)17-18-27(25)34-31/h3-19,28-29,31-32H,1-2H3/t28-,29-,31-/m1/s1. The third-order valence-corrected chi connectivity index (χ3v) is 7.12. The van der Waals surface area contributed by atoms with Gasteiger partial charge < -0.3 is 14.5 Å². The first kappa shape index (κ1) is 20.6. The lowest BCUT2D eigenvalue weighted by molar-refractivity contribution is 0.136. The quantitative estimate of drug-likeness (QED) is 0.310. The van der Waals surface area contributed by atoms with Crippen LogP contribution in [0.5, 0.6) is 11.5 Å². The molecule has 34 heavy (non-hydrogen) atoms. The Morgan fingerprint density at radius 2 is 1.44 bits per heavy atom. The van der Waals surface area contributed by atoms with Gasteiger partial charge in [-0.15, -0.1) is 0 Å². The van der Waals surface area contributed by atoms with Gasteiger partial charge in [0.25, 0.3) is 0 Å². The fraction of sp³-hybridized carbons (Fsp3) is 0.161. The lowest BCUT2D eigenvalue weighted by Crippen LogP contribution is -2.30. The van der Waals surface area contributed by atoms with E-state index in [0.717, 1.165) is 28.3 Å². The number of aryl methyl sites for hydroxylation is 1. The van der Waals surface area contributed by atoms with Gasteiger partial charge in [0.2, 0.25) is 0 Å². The van der Waals surface area contributed by atoms with Crippen molar-refractivity contribution in [1.82, 2.24) is 4.98 Å². The maximum Gasteiger partial charge on any atom is 0.146 e. The fourth-order valence-electron chi connectivity index (χ4n) is 5.50. The molecule has 0 amide bonds.